The SMILES string of the molecule is Cc1cccc(-c2c(C(F)(F)F)[nH]n3c(=O)c(-c4nc5c(o4)CCCC5)c(C)nc23)c1. The van der Waals surface area contributed by atoms with E-state index in [1.54, 1.807) is 38.1 Å². The second kappa shape index (κ2) is 6.83. The number of aromatic amines is 1. The van der Waals surface area contributed by atoms with Crippen molar-refractivity contribution in [3.8, 4) is 22.6 Å². The predicted molar refractivity (Wildman–Crippen MR) is 108 cm³/mol. The number of nitrogens with zero attached hydrogens (tertiary/aromatic N) is 3. The van der Waals surface area contributed by atoms with Crippen molar-refractivity contribution in [2.24, 2.45) is 0 Å². The molecule has 1 N–H and O–H groups in total. The van der Waals surface area contributed by atoms with Crippen molar-refractivity contribution in [3.63, 3.8) is 0 Å². The highest BCUT2D eigenvalue weighted by Gasteiger charge is 2.38. The first-order valence-electron chi connectivity index (χ1n) is 10.0. The van der Waals surface area contributed by atoms with E-state index in [0.717, 1.165) is 47.2 Å². The minimum atomic E-state index is -4.70. The van der Waals surface area contributed by atoms with Crippen LogP contribution >= 0.6 is 0 Å². The molecule has 1 aromatic carbocycles. The van der Waals surface area contributed by atoms with Gasteiger partial charge < -0.3 is 4.42 Å². The molecule has 0 atom stereocenters. The quantitative estimate of drug-likeness (QED) is 0.495. The molecule has 6 nitrogen and oxygen atoms in total. The Morgan fingerprint density at radius 1 is 1.10 bits per heavy atom. The lowest BCUT2D eigenvalue weighted by molar-refractivity contribution is -0.140. The molecule has 0 saturated heterocycles. The van der Waals surface area contributed by atoms with Crippen molar-refractivity contribution in [3.05, 3.63) is 63.0 Å². The molecule has 4 aromatic rings. The fraction of sp³-hybridized carbons (Fsp3) is 0.318. The molecule has 0 radical (unpaired) electrons. The smallest absolute Gasteiger partial charge is 0.433 e. The number of hydrogen-bond acceptors (Lipinski definition) is 4. The van der Waals surface area contributed by atoms with Gasteiger partial charge in [0.2, 0.25) is 5.89 Å². The number of hydrogen-bond donors (Lipinski definition) is 1. The Morgan fingerprint density at radius 3 is 2.58 bits per heavy atom. The van der Waals surface area contributed by atoms with Crippen molar-refractivity contribution in [1.29, 1.82) is 0 Å². The Bertz CT molecular complexity index is 1350. The average molecular weight is 428 g/mol. The summed E-state index contributed by atoms with van der Waals surface area (Å²) in [4.78, 5) is 22.1. The van der Waals surface area contributed by atoms with Gasteiger partial charge in [-0.3, -0.25) is 9.89 Å². The Hall–Kier alpha value is -3.36. The first kappa shape index (κ1) is 19.6. The fourth-order valence-electron chi connectivity index (χ4n) is 4.16. The lowest BCUT2D eigenvalue weighted by atomic mass is 10.0. The van der Waals surface area contributed by atoms with Gasteiger partial charge in [0, 0.05) is 6.42 Å². The van der Waals surface area contributed by atoms with Crippen molar-refractivity contribution >= 4 is 5.65 Å². The standard InChI is InChI=1S/C22H19F3N4O2/c1-11-6-5-7-13(10-11)17-18(22(23,24)25)28-29-19(17)26-12(2)16(21(29)30)20-27-14-8-3-4-9-15(14)31-20/h5-7,10,28H,3-4,8-9H2,1-2H3. The minimum Gasteiger partial charge on any atom is -0.441 e. The number of halogens is 3. The van der Waals surface area contributed by atoms with Gasteiger partial charge in [-0.05, 0) is 38.7 Å². The van der Waals surface area contributed by atoms with E-state index in [-0.39, 0.29) is 28.4 Å². The molecule has 160 valence electrons. The Morgan fingerprint density at radius 2 is 1.87 bits per heavy atom. The van der Waals surface area contributed by atoms with Gasteiger partial charge in [0.25, 0.3) is 5.56 Å². The number of alkyl halides is 3. The molecule has 5 rings (SSSR count). The number of rotatable bonds is 2. The topological polar surface area (TPSA) is 76.2 Å². The highest BCUT2D eigenvalue weighted by Crippen LogP contribution is 2.39. The Balaban J connectivity index is 1.80. The number of aromatic nitrogens is 4. The molecule has 0 aliphatic heterocycles. The molecule has 0 spiro atoms. The third kappa shape index (κ3) is 3.15. The van der Waals surface area contributed by atoms with Crippen LogP contribution in [0.3, 0.4) is 0 Å². The van der Waals surface area contributed by atoms with Crippen molar-refractivity contribution in [1.82, 2.24) is 19.6 Å². The molecule has 1 aliphatic carbocycles. The van der Waals surface area contributed by atoms with E-state index in [1.165, 1.54) is 0 Å². The zero-order valence-electron chi connectivity index (χ0n) is 16.9. The van der Waals surface area contributed by atoms with Crippen LogP contribution in [0.2, 0.25) is 0 Å². The number of nitrogens with one attached hydrogen (secondary N) is 1. The molecule has 0 fully saturated rings. The maximum absolute atomic E-state index is 13.9. The Kier molecular flexibility index (Phi) is 4.32. The first-order valence-corrected chi connectivity index (χ1v) is 10.0. The van der Waals surface area contributed by atoms with Crippen LogP contribution in [0.15, 0.2) is 33.5 Å². The molecule has 3 aromatic heterocycles. The predicted octanol–water partition coefficient (Wildman–Crippen LogP) is 4.86. The van der Waals surface area contributed by atoms with Crippen LogP contribution in [-0.2, 0) is 19.0 Å². The monoisotopic (exact) mass is 428 g/mol. The van der Waals surface area contributed by atoms with Gasteiger partial charge in [-0.1, -0.05) is 29.8 Å². The van der Waals surface area contributed by atoms with E-state index in [9.17, 15) is 18.0 Å². The van der Waals surface area contributed by atoms with Gasteiger partial charge in [0.15, 0.2) is 5.65 Å². The number of oxazole rings is 1. The second-order valence-corrected chi connectivity index (χ2v) is 7.86. The second-order valence-electron chi connectivity index (χ2n) is 7.86. The number of aryl methyl sites for hydroxylation is 4. The maximum atomic E-state index is 13.9. The lowest BCUT2D eigenvalue weighted by Gasteiger charge is -2.08. The van der Waals surface area contributed by atoms with Crippen LogP contribution in [0.25, 0.3) is 28.2 Å². The number of H-pyrrole nitrogens is 1. The molecule has 9 heteroatoms. The summed E-state index contributed by atoms with van der Waals surface area (Å²) in [5, 5.41) is 2.24. The van der Waals surface area contributed by atoms with E-state index < -0.39 is 17.4 Å². The van der Waals surface area contributed by atoms with Crippen LogP contribution < -0.4 is 5.56 Å². The maximum Gasteiger partial charge on any atom is 0.433 e. The lowest BCUT2D eigenvalue weighted by Crippen LogP contribution is -2.20. The summed E-state index contributed by atoms with van der Waals surface area (Å²) in [5.74, 6) is 0.838. The molecule has 0 saturated carbocycles. The largest absolute Gasteiger partial charge is 0.441 e. The highest BCUT2D eigenvalue weighted by molar-refractivity contribution is 5.81. The van der Waals surface area contributed by atoms with Gasteiger partial charge in [-0.15, -0.1) is 0 Å². The third-order valence-corrected chi connectivity index (χ3v) is 5.61. The zero-order chi connectivity index (χ0) is 21.9. The molecule has 3 heterocycles. The van der Waals surface area contributed by atoms with E-state index in [4.69, 9.17) is 4.42 Å². The number of fused-ring (bicyclic) bond motifs is 2. The van der Waals surface area contributed by atoms with Gasteiger partial charge in [-0.2, -0.15) is 17.7 Å². The molecule has 1 aliphatic rings. The van der Waals surface area contributed by atoms with E-state index >= 15 is 0 Å². The molecular formula is C22H19F3N4O2. The molecular weight excluding hydrogens is 409 g/mol. The Labute approximate surface area is 174 Å². The van der Waals surface area contributed by atoms with Gasteiger partial charge >= 0.3 is 6.18 Å². The highest BCUT2D eigenvalue weighted by atomic mass is 19.4. The van der Waals surface area contributed by atoms with Gasteiger partial charge in [0.1, 0.15) is 17.0 Å². The summed E-state index contributed by atoms with van der Waals surface area (Å²) < 4.78 is 48.3. The average Bonchev–Trinajstić information content (AvgIpc) is 3.29. The van der Waals surface area contributed by atoms with Crippen LogP contribution in [0.4, 0.5) is 13.2 Å². The van der Waals surface area contributed by atoms with E-state index in [1.807, 2.05) is 0 Å². The fourth-order valence-corrected chi connectivity index (χ4v) is 4.16. The summed E-state index contributed by atoms with van der Waals surface area (Å²) in [5.41, 5.74) is 0.324. The molecule has 31 heavy (non-hydrogen) atoms. The van der Waals surface area contributed by atoms with Gasteiger partial charge in [-0.25, -0.2) is 9.97 Å². The van der Waals surface area contributed by atoms with Crippen molar-refractivity contribution < 1.29 is 17.6 Å². The minimum absolute atomic E-state index is 0.0673. The van der Waals surface area contributed by atoms with E-state index in [2.05, 4.69) is 15.1 Å². The summed E-state index contributed by atoms with van der Waals surface area (Å²) >= 11 is 0. The summed E-state index contributed by atoms with van der Waals surface area (Å²) in [6.07, 6.45) is -1.25. The van der Waals surface area contributed by atoms with Crippen LogP contribution in [-0.4, -0.2) is 19.6 Å². The van der Waals surface area contributed by atoms with Crippen molar-refractivity contribution in [2.75, 3.05) is 0 Å². The third-order valence-electron chi connectivity index (χ3n) is 5.61. The van der Waals surface area contributed by atoms with Crippen LogP contribution in [0.1, 0.15) is 41.2 Å². The molecule has 0 unspecified atom stereocenters. The van der Waals surface area contributed by atoms with Crippen LogP contribution in [0, 0.1) is 13.8 Å². The van der Waals surface area contributed by atoms with Crippen molar-refractivity contribution in [2.45, 2.75) is 45.7 Å². The molecule has 0 bridgehead atoms. The normalized spacial score (nSPS) is 14.2. The first-order chi connectivity index (χ1) is 14.7. The van der Waals surface area contributed by atoms with Crippen LogP contribution in [0.5, 0.6) is 0 Å². The zero-order valence-corrected chi connectivity index (χ0v) is 16.9. The summed E-state index contributed by atoms with van der Waals surface area (Å²) in [7, 11) is 0. The molecule has 0 amide bonds. The number of benzene rings is 1. The summed E-state index contributed by atoms with van der Waals surface area (Å²) in [6, 6.07) is 6.67. The van der Waals surface area contributed by atoms with E-state index in [0.29, 0.717) is 5.56 Å². The van der Waals surface area contributed by atoms with Gasteiger partial charge in [0.05, 0.1) is 17.0 Å². The summed E-state index contributed by atoms with van der Waals surface area (Å²) in [6.45, 7) is 3.37.